The van der Waals surface area contributed by atoms with E-state index in [2.05, 4.69) is 15.5 Å². The van der Waals surface area contributed by atoms with Crippen molar-refractivity contribution < 1.29 is 19.2 Å². The molecule has 8 heteroatoms. The van der Waals surface area contributed by atoms with Gasteiger partial charge in [-0.1, -0.05) is 5.16 Å². The highest BCUT2D eigenvalue weighted by molar-refractivity contribution is 5.93. The predicted octanol–water partition coefficient (Wildman–Crippen LogP) is 1.79. The third kappa shape index (κ3) is 4.33. The molecule has 2 N–H and O–H groups in total. The molecule has 2 aromatic heterocycles. The number of aromatic nitrogens is 2. The Hall–Kier alpha value is -2.74. The second-order valence-electron chi connectivity index (χ2n) is 7.37. The number of aliphatic carboxylic acids is 1. The van der Waals surface area contributed by atoms with Crippen molar-refractivity contribution in [1.82, 2.24) is 20.4 Å². The van der Waals surface area contributed by atoms with Crippen LogP contribution in [0, 0.1) is 5.92 Å². The van der Waals surface area contributed by atoms with Crippen molar-refractivity contribution in [2.75, 3.05) is 13.1 Å². The second kappa shape index (κ2) is 7.48. The summed E-state index contributed by atoms with van der Waals surface area (Å²) in [6.45, 7) is 0.913. The van der Waals surface area contributed by atoms with Gasteiger partial charge in [-0.2, -0.15) is 0 Å². The molecule has 2 aromatic rings. The van der Waals surface area contributed by atoms with Gasteiger partial charge in [-0.15, -0.1) is 0 Å². The normalized spacial score (nSPS) is 21.7. The molecule has 0 radical (unpaired) electrons. The molecule has 8 nitrogen and oxygen atoms in total. The first-order valence-electron chi connectivity index (χ1n) is 9.22. The standard InChI is InChI=1S/C19H22N4O4/c24-18(25)11-23(10-12-1-2-12)15-7-14(8-15)21-19(26)16-9-17(27-22-16)13-3-5-20-6-4-13/h3-6,9,12,14-15H,1-2,7-8,10-11H2,(H,21,26)(H,24,25). The molecular weight excluding hydrogens is 348 g/mol. The van der Waals surface area contributed by atoms with Gasteiger partial charge in [0.05, 0.1) is 6.54 Å². The molecule has 2 aliphatic rings. The number of carbonyl (C=O) groups is 2. The SMILES string of the molecule is O=C(O)CN(CC1CC1)C1CC(NC(=O)c2cc(-c3ccncc3)on2)C1. The molecule has 142 valence electrons. The van der Waals surface area contributed by atoms with Gasteiger partial charge in [-0.25, -0.2) is 0 Å². The van der Waals surface area contributed by atoms with E-state index in [0.717, 1.165) is 24.9 Å². The average molecular weight is 370 g/mol. The zero-order chi connectivity index (χ0) is 18.8. The number of carboxylic acids is 1. The van der Waals surface area contributed by atoms with Crippen molar-refractivity contribution in [1.29, 1.82) is 0 Å². The van der Waals surface area contributed by atoms with Crippen LogP contribution in [-0.4, -0.2) is 57.2 Å². The first-order chi connectivity index (χ1) is 13.1. The largest absolute Gasteiger partial charge is 0.480 e. The van der Waals surface area contributed by atoms with E-state index >= 15 is 0 Å². The van der Waals surface area contributed by atoms with E-state index in [-0.39, 0.29) is 30.2 Å². The summed E-state index contributed by atoms with van der Waals surface area (Å²) in [5, 5.41) is 15.9. The molecular formula is C19H22N4O4. The van der Waals surface area contributed by atoms with Gasteiger partial charge in [0.25, 0.3) is 5.91 Å². The Morgan fingerprint density at radius 3 is 2.67 bits per heavy atom. The van der Waals surface area contributed by atoms with Gasteiger partial charge >= 0.3 is 5.97 Å². The number of nitrogens with one attached hydrogen (secondary N) is 1. The van der Waals surface area contributed by atoms with E-state index in [1.807, 2.05) is 4.90 Å². The van der Waals surface area contributed by atoms with E-state index in [9.17, 15) is 9.59 Å². The summed E-state index contributed by atoms with van der Waals surface area (Å²) in [5.41, 5.74) is 1.05. The van der Waals surface area contributed by atoms with Crippen LogP contribution in [0.5, 0.6) is 0 Å². The van der Waals surface area contributed by atoms with Crippen LogP contribution in [0.2, 0.25) is 0 Å². The molecule has 0 atom stereocenters. The van der Waals surface area contributed by atoms with Crippen molar-refractivity contribution in [3.05, 3.63) is 36.3 Å². The van der Waals surface area contributed by atoms with Gasteiger partial charge in [-0.05, 0) is 43.7 Å². The van der Waals surface area contributed by atoms with Crippen LogP contribution in [-0.2, 0) is 4.79 Å². The second-order valence-corrected chi connectivity index (χ2v) is 7.37. The minimum atomic E-state index is -0.797. The van der Waals surface area contributed by atoms with Crippen LogP contribution in [0.25, 0.3) is 11.3 Å². The van der Waals surface area contributed by atoms with Gasteiger partial charge in [-0.3, -0.25) is 19.5 Å². The fraction of sp³-hybridized carbons (Fsp3) is 0.474. The van der Waals surface area contributed by atoms with Crippen LogP contribution in [0.3, 0.4) is 0 Å². The van der Waals surface area contributed by atoms with E-state index in [1.54, 1.807) is 30.6 Å². The molecule has 2 heterocycles. The van der Waals surface area contributed by atoms with Crippen LogP contribution in [0.4, 0.5) is 0 Å². The van der Waals surface area contributed by atoms with Crippen molar-refractivity contribution in [2.24, 2.45) is 5.92 Å². The van der Waals surface area contributed by atoms with Gasteiger partial charge in [0, 0.05) is 42.7 Å². The molecule has 2 saturated carbocycles. The number of amides is 1. The first kappa shape index (κ1) is 17.7. The molecule has 4 rings (SSSR count). The third-order valence-corrected chi connectivity index (χ3v) is 5.20. The van der Waals surface area contributed by atoms with E-state index < -0.39 is 5.97 Å². The van der Waals surface area contributed by atoms with Crippen molar-refractivity contribution in [3.8, 4) is 11.3 Å². The molecule has 0 spiro atoms. The Bertz CT molecular complexity index is 812. The summed E-state index contributed by atoms with van der Waals surface area (Å²) in [6, 6.07) is 5.45. The van der Waals surface area contributed by atoms with Crippen molar-refractivity contribution >= 4 is 11.9 Å². The lowest BCUT2D eigenvalue weighted by molar-refractivity contribution is -0.139. The zero-order valence-electron chi connectivity index (χ0n) is 14.9. The van der Waals surface area contributed by atoms with Crippen molar-refractivity contribution in [2.45, 2.75) is 37.8 Å². The topological polar surface area (TPSA) is 109 Å². The lowest BCUT2D eigenvalue weighted by Gasteiger charge is -2.42. The van der Waals surface area contributed by atoms with Gasteiger partial charge in [0.15, 0.2) is 11.5 Å². The van der Waals surface area contributed by atoms with Crippen LogP contribution >= 0.6 is 0 Å². The number of hydrogen-bond donors (Lipinski definition) is 2. The number of rotatable bonds is 8. The summed E-state index contributed by atoms with van der Waals surface area (Å²) in [4.78, 5) is 29.5. The number of nitrogens with zero attached hydrogens (tertiary/aromatic N) is 3. The van der Waals surface area contributed by atoms with Gasteiger partial charge in [0.2, 0.25) is 0 Å². The number of hydrogen-bond acceptors (Lipinski definition) is 6. The molecule has 0 aliphatic heterocycles. The highest BCUT2D eigenvalue weighted by Crippen LogP contribution is 2.33. The number of carbonyl (C=O) groups excluding carboxylic acids is 1. The van der Waals surface area contributed by atoms with Gasteiger partial charge < -0.3 is 14.9 Å². The molecule has 1 amide bonds. The first-order valence-corrected chi connectivity index (χ1v) is 9.22. The Kier molecular flexibility index (Phi) is 4.89. The Morgan fingerprint density at radius 1 is 1.26 bits per heavy atom. The minimum absolute atomic E-state index is 0.0408. The van der Waals surface area contributed by atoms with Crippen LogP contribution in [0.1, 0.15) is 36.2 Å². The Labute approximate surface area is 156 Å². The molecule has 2 aliphatic carbocycles. The molecule has 0 aromatic carbocycles. The summed E-state index contributed by atoms with van der Waals surface area (Å²) in [6.07, 6.45) is 7.21. The maximum atomic E-state index is 12.4. The fourth-order valence-electron chi connectivity index (χ4n) is 3.45. The quantitative estimate of drug-likeness (QED) is 0.729. The summed E-state index contributed by atoms with van der Waals surface area (Å²) in [5.74, 6) is 0.0923. The van der Waals surface area contributed by atoms with Gasteiger partial charge in [0.1, 0.15) is 0 Å². The monoisotopic (exact) mass is 370 g/mol. The predicted molar refractivity (Wildman–Crippen MR) is 95.9 cm³/mol. The minimum Gasteiger partial charge on any atom is -0.480 e. The lowest BCUT2D eigenvalue weighted by Crippen LogP contribution is -2.55. The molecule has 0 unspecified atom stereocenters. The highest BCUT2D eigenvalue weighted by Gasteiger charge is 2.38. The Morgan fingerprint density at radius 2 is 2.00 bits per heavy atom. The molecule has 2 fully saturated rings. The van der Waals surface area contributed by atoms with E-state index in [1.165, 1.54) is 12.8 Å². The molecule has 27 heavy (non-hydrogen) atoms. The van der Waals surface area contributed by atoms with Crippen LogP contribution < -0.4 is 5.32 Å². The van der Waals surface area contributed by atoms with E-state index in [0.29, 0.717) is 11.7 Å². The maximum Gasteiger partial charge on any atom is 0.317 e. The fourth-order valence-corrected chi connectivity index (χ4v) is 3.45. The number of carboxylic acid groups (broad SMARTS) is 1. The summed E-state index contributed by atoms with van der Waals surface area (Å²) in [7, 11) is 0. The average Bonchev–Trinajstić information content (AvgIpc) is 3.29. The smallest absolute Gasteiger partial charge is 0.317 e. The Balaban J connectivity index is 1.30. The molecule has 0 saturated heterocycles. The maximum absolute atomic E-state index is 12.4. The van der Waals surface area contributed by atoms with Crippen LogP contribution in [0.15, 0.2) is 35.1 Å². The zero-order valence-corrected chi connectivity index (χ0v) is 14.9. The number of pyridine rings is 1. The highest BCUT2D eigenvalue weighted by atomic mass is 16.5. The lowest BCUT2D eigenvalue weighted by atomic mass is 9.85. The summed E-state index contributed by atoms with van der Waals surface area (Å²) < 4.78 is 5.25. The molecule has 0 bridgehead atoms. The third-order valence-electron chi connectivity index (χ3n) is 5.20. The van der Waals surface area contributed by atoms with Crippen molar-refractivity contribution in [3.63, 3.8) is 0 Å². The summed E-state index contributed by atoms with van der Waals surface area (Å²) >= 11 is 0. The van der Waals surface area contributed by atoms with E-state index in [4.69, 9.17) is 9.63 Å².